The van der Waals surface area contributed by atoms with E-state index in [0.717, 1.165) is 12.8 Å². The van der Waals surface area contributed by atoms with Crippen LogP contribution in [-0.2, 0) is 4.79 Å². The van der Waals surface area contributed by atoms with Crippen molar-refractivity contribution in [3.63, 3.8) is 0 Å². The Kier molecular flexibility index (Phi) is 6.31. The van der Waals surface area contributed by atoms with Gasteiger partial charge in [-0.1, -0.05) is 38.8 Å². The number of carbonyl (C=O) groups is 2. The van der Waals surface area contributed by atoms with E-state index in [-0.39, 0.29) is 11.8 Å². The summed E-state index contributed by atoms with van der Waals surface area (Å²) in [5, 5.41) is 3.74. The van der Waals surface area contributed by atoms with E-state index in [2.05, 4.69) is 30.0 Å². The van der Waals surface area contributed by atoms with Gasteiger partial charge in [-0.3, -0.25) is 20.4 Å². The molecule has 0 bridgehead atoms. The molecule has 27 heavy (non-hydrogen) atoms. The molecule has 1 aliphatic heterocycles. The Morgan fingerprint density at radius 3 is 2.67 bits per heavy atom. The number of amides is 2. The average Bonchev–Trinajstić information content (AvgIpc) is 3.09. The molecular weight excluding hydrogens is 360 g/mol. The first-order valence-electron chi connectivity index (χ1n) is 9.73. The maximum absolute atomic E-state index is 12.6. The SMILES string of the molecule is C[C@@H]1[C@H](C)CCC[C@H]1NC(=S)NNC(=O)c1ccccc1N1CCCC1=O. The van der Waals surface area contributed by atoms with E-state index >= 15 is 0 Å². The van der Waals surface area contributed by atoms with Gasteiger partial charge in [0, 0.05) is 19.0 Å². The molecule has 1 saturated heterocycles. The third kappa shape index (κ3) is 4.58. The zero-order valence-electron chi connectivity index (χ0n) is 16.0. The van der Waals surface area contributed by atoms with Crippen LogP contribution in [0.4, 0.5) is 5.69 Å². The highest BCUT2D eigenvalue weighted by Gasteiger charge is 2.28. The third-order valence-corrected chi connectivity index (χ3v) is 6.05. The predicted octanol–water partition coefficient (Wildman–Crippen LogP) is 2.75. The van der Waals surface area contributed by atoms with Gasteiger partial charge in [-0.05, 0) is 49.0 Å². The Balaban J connectivity index is 1.58. The largest absolute Gasteiger partial charge is 0.358 e. The maximum atomic E-state index is 12.6. The fraction of sp³-hybridized carbons (Fsp3) is 0.550. The average molecular weight is 389 g/mol. The Morgan fingerprint density at radius 2 is 1.93 bits per heavy atom. The second-order valence-corrected chi connectivity index (χ2v) is 8.00. The van der Waals surface area contributed by atoms with Gasteiger partial charge in [0.25, 0.3) is 5.91 Å². The molecule has 146 valence electrons. The number of hydrazine groups is 1. The van der Waals surface area contributed by atoms with Crippen LogP contribution in [0, 0.1) is 11.8 Å². The number of benzene rings is 1. The lowest BCUT2D eigenvalue weighted by Crippen LogP contribution is -2.52. The van der Waals surface area contributed by atoms with E-state index in [1.807, 2.05) is 6.07 Å². The van der Waals surface area contributed by atoms with Crippen LogP contribution < -0.4 is 21.1 Å². The summed E-state index contributed by atoms with van der Waals surface area (Å²) in [4.78, 5) is 26.4. The van der Waals surface area contributed by atoms with Gasteiger partial charge < -0.3 is 10.2 Å². The highest BCUT2D eigenvalue weighted by molar-refractivity contribution is 7.80. The van der Waals surface area contributed by atoms with Crippen molar-refractivity contribution in [3.05, 3.63) is 29.8 Å². The quantitative estimate of drug-likeness (QED) is 0.548. The molecule has 3 rings (SSSR count). The highest BCUT2D eigenvalue weighted by Crippen LogP contribution is 2.29. The van der Waals surface area contributed by atoms with Gasteiger partial charge in [-0.15, -0.1) is 0 Å². The van der Waals surface area contributed by atoms with Crippen molar-refractivity contribution in [2.75, 3.05) is 11.4 Å². The van der Waals surface area contributed by atoms with Crippen LogP contribution >= 0.6 is 12.2 Å². The van der Waals surface area contributed by atoms with E-state index in [0.29, 0.717) is 47.2 Å². The number of nitrogens with zero attached hydrogens (tertiary/aromatic N) is 1. The molecular formula is C20H28N4O2S. The number of carbonyl (C=O) groups excluding carboxylic acids is 2. The zero-order valence-corrected chi connectivity index (χ0v) is 16.8. The summed E-state index contributed by atoms with van der Waals surface area (Å²) in [5.74, 6) is 0.954. The van der Waals surface area contributed by atoms with E-state index < -0.39 is 0 Å². The molecule has 1 aliphatic carbocycles. The summed E-state index contributed by atoms with van der Waals surface area (Å²) < 4.78 is 0. The lowest BCUT2D eigenvalue weighted by Gasteiger charge is -2.35. The van der Waals surface area contributed by atoms with Gasteiger partial charge >= 0.3 is 0 Å². The van der Waals surface area contributed by atoms with Gasteiger partial charge in [-0.2, -0.15) is 0 Å². The minimum absolute atomic E-state index is 0.0563. The molecule has 1 aromatic carbocycles. The molecule has 6 nitrogen and oxygen atoms in total. The molecule has 0 aromatic heterocycles. The second-order valence-electron chi connectivity index (χ2n) is 7.59. The Morgan fingerprint density at radius 1 is 1.15 bits per heavy atom. The number of rotatable bonds is 3. The first-order chi connectivity index (χ1) is 13.0. The van der Waals surface area contributed by atoms with Gasteiger partial charge in [0.1, 0.15) is 0 Å². The smallest absolute Gasteiger partial charge is 0.271 e. The van der Waals surface area contributed by atoms with Gasteiger partial charge in [0.05, 0.1) is 11.3 Å². The van der Waals surface area contributed by atoms with E-state index in [9.17, 15) is 9.59 Å². The fourth-order valence-electron chi connectivity index (χ4n) is 3.97. The molecule has 1 saturated carbocycles. The molecule has 7 heteroatoms. The Hall–Kier alpha value is -2.15. The minimum Gasteiger partial charge on any atom is -0.358 e. The van der Waals surface area contributed by atoms with Crippen LogP contribution in [0.25, 0.3) is 0 Å². The molecule has 2 amide bonds. The van der Waals surface area contributed by atoms with Crippen molar-refractivity contribution in [1.29, 1.82) is 0 Å². The topological polar surface area (TPSA) is 73.5 Å². The van der Waals surface area contributed by atoms with Crippen molar-refractivity contribution < 1.29 is 9.59 Å². The fourth-order valence-corrected chi connectivity index (χ4v) is 4.18. The number of para-hydroxylation sites is 1. The molecule has 0 spiro atoms. The standard InChI is InChI=1S/C20H28N4O2S/c1-13-7-5-9-16(14(13)2)21-20(27)23-22-19(26)15-8-3-4-10-17(15)24-12-6-11-18(24)25/h3-4,8,10,13-14,16H,5-7,9,11-12H2,1-2H3,(H,22,26)(H2,21,23,27)/t13-,14-,16-/m1/s1. The lowest BCUT2D eigenvalue weighted by atomic mass is 9.78. The summed E-state index contributed by atoms with van der Waals surface area (Å²) in [6.45, 7) is 5.16. The normalized spacial score (nSPS) is 25.2. The number of anilines is 1. The highest BCUT2D eigenvalue weighted by atomic mass is 32.1. The maximum Gasteiger partial charge on any atom is 0.271 e. The predicted molar refractivity (Wildman–Crippen MR) is 110 cm³/mol. The van der Waals surface area contributed by atoms with Gasteiger partial charge in [0.15, 0.2) is 5.11 Å². The third-order valence-electron chi connectivity index (χ3n) is 5.83. The monoisotopic (exact) mass is 388 g/mol. The Bertz CT molecular complexity index is 724. The van der Waals surface area contributed by atoms with Crippen molar-refractivity contribution in [3.8, 4) is 0 Å². The number of hydrogen-bond donors (Lipinski definition) is 3. The van der Waals surface area contributed by atoms with E-state index in [1.54, 1.807) is 23.1 Å². The molecule has 3 N–H and O–H groups in total. The minimum atomic E-state index is -0.306. The second kappa shape index (κ2) is 8.69. The van der Waals surface area contributed by atoms with Crippen LogP contribution in [0.5, 0.6) is 0 Å². The van der Waals surface area contributed by atoms with Crippen LogP contribution in [0.3, 0.4) is 0 Å². The molecule has 2 fully saturated rings. The molecule has 1 aromatic rings. The molecule has 0 unspecified atom stereocenters. The molecule has 2 aliphatic rings. The first-order valence-corrected chi connectivity index (χ1v) is 10.1. The van der Waals surface area contributed by atoms with Crippen molar-refractivity contribution in [2.24, 2.45) is 11.8 Å². The van der Waals surface area contributed by atoms with Gasteiger partial charge in [-0.25, -0.2) is 0 Å². The van der Waals surface area contributed by atoms with Crippen molar-refractivity contribution in [1.82, 2.24) is 16.2 Å². The van der Waals surface area contributed by atoms with Crippen molar-refractivity contribution >= 4 is 34.8 Å². The molecule has 3 atom stereocenters. The van der Waals surface area contributed by atoms with Crippen LogP contribution in [0.1, 0.15) is 56.3 Å². The number of thiocarbonyl (C=S) groups is 1. The van der Waals surface area contributed by atoms with Crippen LogP contribution in [-0.4, -0.2) is 29.5 Å². The van der Waals surface area contributed by atoms with Crippen molar-refractivity contribution in [2.45, 2.75) is 52.0 Å². The Labute approximate surface area is 166 Å². The summed E-state index contributed by atoms with van der Waals surface area (Å²) in [7, 11) is 0. The lowest BCUT2D eigenvalue weighted by molar-refractivity contribution is -0.117. The summed E-state index contributed by atoms with van der Waals surface area (Å²) >= 11 is 5.35. The molecule has 0 radical (unpaired) electrons. The van der Waals surface area contributed by atoms with E-state index in [4.69, 9.17) is 12.2 Å². The van der Waals surface area contributed by atoms with Crippen LogP contribution in [0.15, 0.2) is 24.3 Å². The summed E-state index contributed by atoms with van der Waals surface area (Å²) in [6.07, 6.45) is 4.87. The van der Waals surface area contributed by atoms with E-state index in [1.165, 1.54) is 12.8 Å². The number of nitrogens with one attached hydrogen (secondary N) is 3. The molecule has 1 heterocycles. The first kappa shape index (κ1) is 19.6. The van der Waals surface area contributed by atoms with Crippen LogP contribution in [0.2, 0.25) is 0 Å². The zero-order chi connectivity index (χ0) is 19.4. The van der Waals surface area contributed by atoms with Gasteiger partial charge in [0.2, 0.25) is 5.91 Å². The number of hydrogen-bond acceptors (Lipinski definition) is 3. The summed E-state index contributed by atoms with van der Waals surface area (Å²) in [5.41, 5.74) is 6.58. The summed E-state index contributed by atoms with van der Waals surface area (Å²) in [6, 6.07) is 7.48.